The van der Waals surface area contributed by atoms with E-state index in [1.165, 1.54) is 10.6 Å². The van der Waals surface area contributed by atoms with Crippen LogP contribution in [0.15, 0.2) is 18.7 Å². The molecule has 0 radical (unpaired) electrons. The molecule has 0 aromatic carbocycles. The molecule has 4 rings (SSSR count). The molecule has 3 heterocycles. The number of carbonyl (C=O) groups excluding carboxylic acids is 1. The highest BCUT2D eigenvalue weighted by Gasteiger charge is 2.52. The molecule has 0 spiro atoms. The Morgan fingerprint density at radius 1 is 1.10 bits per heavy atom. The molecule has 1 saturated carbocycles. The minimum atomic E-state index is -3.18. The summed E-state index contributed by atoms with van der Waals surface area (Å²) >= 11 is 0. The molecule has 3 aliphatic rings. The molecule has 1 aromatic heterocycles. The maximum absolute atomic E-state index is 12.5. The van der Waals surface area contributed by atoms with Crippen molar-refractivity contribution >= 4 is 21.6 Å². The van der Waals surface area contributed by atoms with Gasteiger partial charge in [-0.1, -0.05) is 0 Å². The number of anilines is 1. The Morgan fingerprint density at radius 3 is 2.43 bits per heavy atom. The Kier molecular flexibility index (Phi) is 2.80. The molecule has 3 fully saturated rings. The number of rotatable bonds is 3. The van der Waals surface area contributed by atoms with E-state index in [4.69, 9.17) is 0 Å². The van der Waals surface area contributed by atoms with Gasteiger partial charge >= 0.3 is 0 Å². The topological polar surface area (TPSA) is 83.5 Å². The fourth-order valence-electron chi connectivity index (χ4n) is 3.27. The van der Waals surface area contributed by atoms with E-state index in [-0.39, 0.29) is 23.0 Å². The van der Waals surface area contributed by atoms with Gasteiger partial charge in [-0.05, 0) is 12.8 Å². The highest BCUT2D eigenvalue weighted by atomic mass is 32.2. The van der Waals surface area contributed by atoms with Crippen LogP contribution in [0, 0.1) is 11.8 Å². The minimum Gasteiger partial charge on any atom is -0.309 e. The quantitative estimate of drug-likeness (QED) is 0.776. The van der Waals surface area contributed by atoms with Crippen molar-refractivity contribution in [3.63, 3.8) is 0 Å². The third kappa shape index (κ3) is 2.04. The van der Waals surface area contributed by atoms with Crippen molar-refractivity contribution in [1.82, 2.24) is 14.3 Å². The standard InChI is InChI=1S/C13H16N4O3S/c18-13-12-7-16(21(19,20)11-1-2-11)5-9(12)6-17(13)10-3-14-8-15-4-10/h3-4,8-9,11-12H,1-2,5-7H2/t9-,12-/m1/s1. The number of carbonyl (C=O) groups is 1. The first-order chi connectivity index (χ1) is 10.1. The first-order valence-corrected chi connectivity index (χ1v) is 8.63. The maximum Gasteiger partial charge on any atom is 0.231 e. The summed E-state index contributed by atoms with van der Waals surface area (Å²) in [5.74, 6) is -0.159. The van der Waals surface area contributed by atoms with E-state index in [9.17, 15) is 13.2 Å². The van der Waals surface area contributed by atoms with E-state index in [2.05, 4.69) is 9.97 Å². The maximum atomic E-state index is 12.5. The molecule has 8 heteroatoms. The smallest absolute Gasteiger partial charge is 0.231 e. The van der Waals surface area contributed by atoms with Gasteiger partial charge in [0.15, 0.2) is 0 Å². The minimum absolute atomic E-state index is 0.0108. The lowest BCUT2D eigenvalue weighted by Gasteiger charge is -2.21. The number of aromatic nitrogens is 2. The van der Waals surface area contributed by atoms with Gasteiger partial charge < -0.3 is 4.90 Å². The molecule has 2 aliphatic heterocycles. The predicted octanol–water partition coefficient (Wildman–Crippen LogP) is -0.137. The first-order valence-electron chi connectivity index (χ1n) is 7.13. The van der Waals surface area contributed by atoms with Gasteiger partial charge in [0, 0.05) is 25.6 Å². The predicted molar refractivity (Wildman–Crippen MR) is 74.9 cm³/mol. The average Bonchev–Trinajstić information content (AvgIpc) is 3.19. The van der Waals surface area contributed by atoms with Crippen LogP contribution in [0.3, 0.4) is 0 Å². The SMILES string of the molecule is O=C1[C@@H]2CN(S(=O)(=O)C3CC3)C[C@@H]2CN1c1cncnc1. The van der Waals surface area contributed by atoms with E-state index in [1.54, 1.807) is 17.3 Å². The van der Waals surface area contributed by atoms with Gasteiger partial charge in [-0.3, -0.25) is 4.79 Å². The van der Waals surface area contributed by atoms with Gasteiger partial charge in [0.1, 0.15) is 6.33 Å². The first kappa shape index (κ1) is 13.1. The van der Waals surface area contributed by atoms with E-state index in [0.29, 0.717) is 25.3 Å². The molecule has 112 valence electrons. The molecule has 1 amide bonds. The lowest BCUT2D eigenvalue weighted by molar-refractivity contribution is -0.120. The van der Waals surface area contributed by atoms with Gasteiger partial charge in [-0.15, -0.1) is 0 Å². The molecule has 21 heavy (non-hydrogen) atoms. The molecule has 0 bridgehead atoms. The summed E-state index contributed by atoms with van der Waals surface area (Å²) in [6.45, 7) is 1.33. The monoisotopic (exact) mass is 308 g/mol. The summed E-state index contributed by atoms with van der Waals surface area (Å²) in [7, 11) is -3.18. The summed E-state index contributed by atoms with van der Waals surface area (Å²) in [5, 5.41) is -0.204. The van der Waals surface area contributed by atoms with Crippen molar-refractivity contribution in [3.05, 3.63) is 18.7 Å². The van der Waals surface area contributed by atoms with Crippen LogP contribution in [0.2, 0.25) is 0 Å². The molecule has 2 atom stereocenters. The van der Waals surface area contributed by atoms with E-state index in [0.717, 1.165) is 12.8 Å². The van der Waals surface area contributed by atoms with Crippen molar-refractivity contribution in [2.24, 2.45) is 11.8 Å². The van der Waals surface area contributed by atoms with Gasteiger partial charge in [-0.25, -0.2) is 22.7 Å². The van der Waals surface area contributed by atoms with Gasteiger partial charge in [-0.2, -0.15) is 0 Å². The summed E-state index contributed by atoms with van der Waals surface area (Å²) in [4.78, 5) is 22.0. The van der Waals surface area contributed by atoms with E-state index in [1.807, 2.05) is 0 Å². The number of nitrogens with zero attached hydrogens (tertiary/aromatic N) is 4. The second kappa shape index (κ2) is 4.48. The van der Waals surface area contributed by atoms with Crippen LogP contribution in [0.5, 0.6) is 0 Å². The zero-order chi connectivity index (χ0) is 14.6. The van der Waals surface area contributed by atoms with Crippen LogP contribution < -0.4 is 4.90 Å². The van der Waals surface area contributed by atoms with Crippen molar-refractivity contribution in [1.29, 1.82) is 0 Å². The largest absolute Gasteiger partial charge is 0.309 e. The zero-order valence-corrected chi connectivity index (χ0v) is 12.2. The molecule has 7 nitrogen and oxygen atoms in total. The number of sulfonamides is 1. The molecule has 0 unspecified atom stereocenters. The fraction of sp³-hybridized carbons (Fsp3) is 0.615. The molecular weight excluding hydrogens is 292 g/mol. The highest BCUT2D eigenvalue weighted by molar-refractivity contribution is 7.90. The average molecular weight is 308 g/mol. The number of amides is 1. The van der Waals surface area contributed by atoms with Crippen molar-refractivity contribution in [2.75, 3.05) is 24.5 Å². The van der Waals surface area contributed by atoms with Crippen LogP contribution in [0.1, 0.15) is 12.8 Å². The number of fused-ring (bicyclic) bond motifs is 1. The molecule has 1 aromatic rings. The highest BCUT2D eigenvalue weighted by Crippen LogP contribution is 2.39. The van der Waals surface area contributed by atoms with E-state index < -0.39 is 10.0 Å². The van der Waals surface area contributed by atoms with Crippen molar-refractivity contribution in [3.8, 4) is 0 Å². The van der Waals surface area contributed by atoms with Gasteiger partial charge in [0.2, 0.25) is 15.9 Å². The van der Waals surface area contributed by atoms with Crippen LogP contribution >= 0.6 is 0 Å². The van der Waals surface area contributed by atoms with Crippen LogP contribution in [0.25, 0.3) is 0 Å². The van der Waals surface area contributed by atoms with Crippen LogP contribution in [-0.4, -0.2) is 53.5 Å². The van der Waals surface area contributed by atoms with Crippen molar-refractivity contribution in [2.45, 2.75) is 18.1 Å². The summed E-state index contributed by atoms with van der Waals surface area (Å²) in [6.07, 6.45) is 6.18. The lowest BCUT2D eigenvalue weighted by Crippen LogP contribution is -2.37. The Balaban J connectivity index is 1.53. The molecule has 0 N–H and O–H groups in total. The third-order valence-corrected chi connectivity index (χ3v) is 6.90. The fourth-order valence-corrected chi connectivity index (χ4v) is 5.19. The normalized spacial score (nSPS) is 29.9. The second-order valence-electron chi connectivity index (χ2n) is 5.97. The van der Waals surface area contributed by atoms with Gasteiger partial charge in [0.05, 0.1) is 29.2 Å². The van der Waals surface area contributed by atoms with E-state index >= 15 is 0 Å². The Morgan fingerprint density at radius 2 is 1.81 bits per heavy atom. The molecule has 1 aliphatic carbocycles. The summed E-state index contributed by atoms with van der Waals surface area (Å²) < 4.78 is 26.1. The van der Waals surface area contributed by atoms with Gasteiger partial charge in [0.25, 0.3) is 0 Å². The Hall–Kier alpha value is -1.54. The molecule has 2 saturated heterocycles. The van der Waals surface area contributed by atoms with Crippen molar-refractivity contribution < 1.29 is 13.2 Å². The lowest BCUT2D eigenvalue weighted by atomic mass is 10.0. The van der Waals surface area contributed by atoms with Crippen LogP contribution in [-0.2, 0) is 14.8 Å². The number of hydrogen-bond acceptors (Lipinski definition) is 5. The zero-order valence-electron chi connectivity index (χ0n) is 11.4. The second-order valence-corrected chi connectivity index (χ2v) is 8.19. The third-order valence-electron chi connectivity index (χ3n) is 4.57. The number of hydrogen-bond donors (Lipinski definition) is 0. The summed E-state index contributed by atoms with van der Waals surface area (Å²) in [6, 6.07) is 0. The Bertz CT molecular complexity index is 674. The summed E-state index contributed by atoms with van der Waals surface area (Å²) in [5.41, 5.74) is 0.688. The molecular formula is C13H16N4O3S. The Labute approximate surface area is 123 Å². The van der Waals surface area contributed by atoms with Crippen LogP contribution in [0.4, 0.5) is 5.69 Å².